The normalized spacial score (nSPS) is 11.4. The standard InChI is InChI=1S/C11H16F2N4O/c1-18-7-3-6-15-11(17-14)16-10-8(12)4-2-5-9(10)13/h2,4-5H,3,6-7,14H2,1H3,(H2,15,16,17). The molecule has 0 heterocycles. The Morgan fingerprint density at radius 3 is 2.61 bits per heavy atom. The largest absolute Gasteiger partial charge is 0.385 e. The molecule has 1 rings (SSSR count). The first-order chi connectivity index (χ1) is 8.69. The Morgan fingerprint density at radius 2 is 2.06 bits per heavy atom. The number of methoxy groups -OCH3 is 1. The van der Waals surface area contributed by atoms with Crippen molar-refractivity contribution in [1.29, 1.82) is 0 Å². The zero-order valence-electron chi connectivity index (χ0n) is 10.0. The fraction of sp³-hybridized carbons (Fsp3) is 0.364. The lowest BCUT2D eigenvalue weighted by molar-refractivity contribution is 0.197. The number of aliphatic imine (C=N–C) groups is 1. The smallest absolute Gasteiger partial charge is 0.210 e. The molecule has 100 valence electrons. The van der Waals surface area contributed by atoms with Crippen molar-refractivity contribution in [3.8, 4) is 0 Å². The van der Waals surface area contributed by atoms with Gasteiger partial charge in [-0.1, -0.05) is 6.07 Å². The summed E-state index contributed by atoms with van der Waals surface area (Å²) >= 11 is 0. The molecular formula is C11H16F2N4O. The third kappa shape index (κ3) is 4.27. The fourth-order valence-corrected chi connectivity index (χ4v) is 1.26. The van der Waals surface area contributed by atoms with Crippen LogP contribution in [-0.2, 0) is 4.74 Å². The third-order valence-corrected chi connectivity index (χ3v) is 2.12. The van der Waals surface area contributed by atoms with Gasteiger partial charge in [0.15, 0.2) is 0 Å². The van der Waals surface area contributed by atoms with Crippen molar-refractivity contribution in [3.05, 3.63) is 29.8 Å². The lowest BCUT2D eigenvalue weighted by atomic mass is 10.3. The average Bonchev–Trinajstić information content (AvgIpc) is 2.36. The van der Waals surface area contributed by atoms with E-state index in [1.807, 2.05) is 0 Å². The van der Waals surface area contributed by atoms with Crippen molar-refractivity contribution < 1.29 is 13.5 Å². The maximum absolute atomic E-state index is 13.3. The molecule has 0 amide bonds. The highest BCUT2D eigenvalue weighted by molar-refractivity contribution is 5.93. The summed E-state index contributed by atoms with van der Waals surface area (Å²) in [5.41, 5.74) is 1.96. The van der Waals surface area contributed by atoms with Crippen LogP contribution in [0.3, 0.4) is 0 Å². The van der Waals surface area contributed by atoms with Crippen LogP contribution in [0.5, 0.6) is 0 Å². The predicted molar refractivity (Wildman–Crippen MR) is 66.1 cm³/mol. The zero-order chi connectivity index (χ0) is 13.4. The molecule has 0 bridgehead atoms. The quantitative estimate of drug-likeness (QED) is 0.244. The number of rotatable bonds is 5. The number of nitrogens with two attached hydrogens (primary N) is 1. The molecule has 0 saturated heterocycles. The van der Waals surface area contributed by atoms with E-state index >= 15 is 0 Å². The van der Waals surface area contributed by atoms with Gasteiger partial charge in [0.05, 0.1) is 0 Å². The van der Waals surface area contributed by atoms with Crippen molar-refractivity contribution in [3.63, 3.8) is 0 Å². The molecule has 5 nitrogen and oxygen atoms in total. The number of halogens is 2. The van der Waals surface area contributed by atoms with Gasteiger partial charge in [0, 0.05) is 20.3 Å². The first-order valence-corrected chi connectivity index (χ1v) is 5.40. The minimum absolute atomic E-state index is 0.0927. The van der Waals surface area contributed by atoms with Crippen LogP contribution in [0.4, 0.5) is 14.5 Å². The van der Waals surface area contributed by atoms with Crippen LogP contribution in [0.2, 0.25) is 0 Å². The second-order valence-corrected chi connectivity index (χ2v) is 3.44. The number of anilines is 1. The third-order valence-electron chi connectivity index (χ3n) is 2.12. The van der Waals surface area contributed by atoms with Crippen LogP contribution in [-0.4, -0.2) is 26.2 Å². The first-order valence-electron chi connectivity index (χ1n) is 5.40. The van der Waals surface area contributed by atoms with E-state index in [0.717, 1.165) is 12.1 Å². The van der Waals surface area contributed by atoms with E-state index in [2.05, 4.69) is 15.7 Å². The Bertz CT molecular complexity index is 392. The topological polar surface area (TPSA) is 71.7 Å². The van der Waals surface area contributed by atoms with Gasteiger partial charge in [0.1, 0.15) is 17.3 Å². The van der Waals surface area contributed by atoms with Gasteiger partial charge in [0.25, 0.3) is 0 Å². The summed E-state index contributed by atoms with van der Waals surface area (Å²) in [5.74, 6) is 3.88. The second-order valence-electron chi connectivity index (χ2n) is 3.44. The lowest BCUT2D eigenvalue weighted by Gasteiger charge is -2.10. The zero-order valence-corrected chi connectivity index (χ0v) is 10.0. The maximum Gasteiger partial charge on any atom is 0.210 e. The van der Waals surface area contributed by atoms with Crippen molar-refractivity contribution >= 4 is 11.6 Å². The predicted octanol–water partition coefficient (Wildman–Crippen LogP) is 1.23. The molecule has 18 heavy (non-hydrogen) atoms. The number of hydrogen-bond acceptors (Lipinski definition) is 3. The number of benzene rings is 1. The van der Waals surface area contributed by atoms with Gasteiger partial charge in [-0.05, 0) is 18.6 Å². The highest BCUT2D eigenvalue weighted by Crippen LogP contribution is 2.17. The summed E-state index contributed by atoms with van der Waals surface area (Å²) in [5, 5.41) is 2.47. The molecule has 0 atom stereocenters. The van der Waals surface area contributed by atoms with Crippen molar-refractivity contribution in [2.24, 2.45) is 10.8 Å². The SMILES string of the molecule is COCCCN=C(NN)Nc1c(F)cccc1F. The highest BCUT2D eigenvalue weighted by atomic mass is 19.1. The van der Waals surface area contributed by atoms with Crippen LogP contribution in [0, 0.1) is 11.6 Å². The Balaban J connectivity index is 2.67. The highest BCUT2D eigenvalue weighted by Gasteiger charge is 2.09. The Morgan fingerprint density at radius 1 is 1.39 bits per heavy atom. The Hall–Kier alpha value is -1.73. The van der Waals surface area contributed by atoms with E-state index in [4.69, 9.17) is 10.6 Å². The number of guanidine groups is 1. The van der Waals surface area contributed by atoms with Gasteiger partial charge in [-0.3, -0.25) is 10.4 Å². The first kappa shape index (κ1) is 14.3. The minimum atomic E-state index is -0.713. The summed E-state index contributed by atoms with van der Waals surface area (Å²) in [6.07, 6.45) is 0.684. The maximum atomic E-state index is 13.3. The molecule has 0 aromatic heterocycles. The molecule has 0 aliphatic rings. The van der Waals surface area contributed by atoms with Gasteiger partial charge in [-0.2, -0.15) is 0 Å². The van der Waals surface area contributed by atoms with Crippen molar-refractivity contribution in [2.45, 2.75) is 6.42 Å². The molecule has 0 spiro atoms. The fourth-order valence-electron chi connectivity index (χ4n) is 1.26. The van der Waals surface area contributed by atoms with Crippen LogP contribution in [0.15, 0.2) is 23.2 Å². The van der Waals surface area contributed by atoms with Gasteiger partial charge < -0.3 is 10.1 Å². The summed E-state index contributed by atoms with van der Waals surface area (Å²) in [6, 6.07) is 3.57. The summed E-state index contributed by atoms with van der Waals surface area (Å²) in [7, 11) is 1.58. The lowest BCUT2D eigenvalue weighted by Crippen LogP contribution is -2.37. The van der Waals surface area contributed by atoms with Crippen LogP contribution in [0.25, 0.3) is 0 Å². The molecule has 0 fully saturated rings. The van der Waals surface area contributed by atoms with Gasteiger partial charge >= 0.3 is 0 Å². The summed E-state index contributed by atoms with van der Waals surface area (Å²) in [4.78, 5) is 4.01. The van der Waals surface area contributed by atoms with Crippen molar-refractivity contribution in [2.75, 3.05) is 25.6 Å². The Labute approximate surface area is 104 Å². The minimum Gasteiger partial charge on any atom is -0.385 e. The van der Waals surface area contributed by atoms with E-state index in [0.29, 0.717) is 19.6 Å². The van der Waals surface area contributed by atoms with Crippen LogP contribution < -0.4 is 16.6 Å². The molecule has 0 aliphatic carbocycles. The van der Waals surface area contributed by atoms with Gasteiger partial charge in [0.2, 0.25) is 5.96 Å². The molecule has 0 aliphatic heterocycles. The molecule has 1 aromatic rings. The summed E-state index contributed by atoms with van der Waals surface area (Å²) in [6.45, 7) is 0.978. The van der Waals surface area contributed by atoms with E-state index < -0.39 is 11.6 Å². The monoisotopic (exact) mass is 258 g/mol. The molecule has 1 aromatic carbocycles. The second kappa shape index (κ2) is 7.57. The molecule has 7 heteroatoms. The van der Waals surface area contributed by atoms with E-state index in [9.17, 15) is 8.78 Å². The van der Waals surface area contributed by atoms with Crippen LogP contribution >= 0.6 is 0 Å². The average molecular weight is 258 g/mol. The van der Waals surface area contributed by atoms with E-state index in [1.165, 1.54) is 6.07 Å². The number of nitrogens with zero attached hydrogens (tertiary/aromatic N) is 1. The van der Waals surface area contributed by atoms with E-state index in [-0.39, 0.29) is 11.6 Å². The number of ether oxygens (including phenoxy) is 1. The number of para-hydroxylation sites is 1. The number of nitrogens with one attached hydrogen (secondary N) is 2. The number of hydrogen-bond donors (Lipinski definition) is 3. The van der Waals surface area contributed by atoms with Gasteiger partial charge in [-0.25, -0.2) is 14.6 Å². The molecule has 0 radical (unpaired) electrons. The molecule has 0 unspecified atom stereocenters. The van der Waals surface area contributed by atoms with Crippen molar-refractivity contribution in [1.82, 2.24) is 5.43 Å². The van der Waals surface area contributed by atoms with E-state index in [1.54, 1.807) is 7.11 Å². The van der Waals surface area contributed by atoms with Gasteiger partial charge in [-0.15, -0.1) is 0 Å². The molecule has 0 saturated carbocycles. The Kier molecular flexibility index (Phi) is 6.03. The van der Waals surface area contributed by atoms with Crippen LogP contribution in [0.1, 0.15) is 6.42 Å². The molecular weight excluding hydrogens is 242 g/mol. The molecule has 4 N–H and O–H groups in total. The summed E-state index contributed by atoms with van der Waals surface area (Å²) < 4.78 is 31.5. The number of hydrazine groups is 1.